The standard InChI is InChI=1S/C12H15F2NO/c1-11(16)7-15(8-11)9-12(13,14)10-5-3-2-4-6-10/h2-6,16H,7-9H2,1H3. The van der Waals surface area contributed by atoms with Crippen molar-refractivity contribution in [2.45, 2.75) is 18.4 Å². The first-order chi connectivity index (χ1) is 7.39. The predicted molar refractivity (Wildman–Crippen MR) is 57.4 cm³/mol. The van der Waals surface area contributed by atoms with E-state index in [0.717, 1.165) is 0 Å². The highest BCUT2D eigenvalue weighted by Crippen LogP contribution is 2.32. The Labute approximate surface area is 93.5 Å². The van der Waals surface area contributed by atoms with Gasteiger partial charge in [0.2, 0.25) is 0 Å². The maximum atomic E-state index is 13.8. The zero-order valence-electron chi connectivity index (χ0n) is 9.16. The molecule has 1 saturated heterocycles. The van der Waals surface area contributed by atoms with Gasteiger partial charge in [-0.05, 0) is 6.92 Å². The Hall–Kier alpha value is -1.00. The van der Waals surface area contributed by atoms with Crippen LogP contribution in [-0.2, 0) is 5.92 Å². The minimum Gasteiger partial charge on any atom is -0.388 e. The summed E-state index contributed by atoms with van der Waals surface area (Å²) in [6, 6.07) is 7.79. The molecule has 2 rings (SSSR count). The second kappa shape index (κ2) is 3.79. The van der Waals surface area contributed by atoms with Crippen molar-refractivity contribution in [2.24, 2.45) is 0 Å². The number of benzene rings is 1. The van der Waals surface area contributed by atoms with Crippen molar-refractivity contribution >= 4 is 0 Å². The highest BCUT2D eigenvalue weighted by molar-refractivity contribution is 5.20. The van der Waals surface area contributed by atoms with Gasteiger partial charge in [0, 0.05) is 18.7 Å². The van der Waals surface area contributed by atoms with Crippen LogP contribution in [0.4, 0.5) is 8.78 Å². The van der Waals surface area contributed by atoms with Gasteiger partial charge < -0.3 is 5.11 Å². The van der Waals surface area contributed by atoms with Gasteiger partial charge in [0.1, 0.15) is 0 Å². The van der Waals surface area contributed by atoms with Crippen LogP contribution in [0.1, 0.15) is 12.5 Å². The van der Waals surface area contributed by atoms with Gasteiger partial charge in [-0.1, -0.05) is 30.3 Å². The molecule has 0 unspecified atom stereocenters. The van der Waals surface area contributed by atoms with E-state index in [1.54, 1.807) is 30.0 Å². The van der Waals surface area contributed by atoms with Crippen LogP contribution in [0.25, 0.3) is 0 Å². The Morgan fingerprint density at radius 2 is 1.88 bits per heavy atom. The van der Waals surface area contributed by atoms with E-state index >= 15 is 0 Å². The molecule has 1 aromatic carbocycles. The summed E-state index contributed by atoms with van der Waals surface area (Å²) >= 11 is 0. The molecule has 0 saturated carbocycles. The van der Waals surface area contributed by atoms with E-state index in [2.05, 4.69) is 0 Å². The molecule has 1 aromatic rings. The van der Waals surface area contributed by atoms with Crippen LogP contribution in [0.5, 0.6) is 0 Å². The summed E-state index contributed by atoms with van der Waals surface area (Å²) in [5.74, 6) is -2.85. The van der Waals surface area contributed by atoms with Crippen LogP contribution in [0.15, 0.2) is 30.3 Å². The van der Waals surface area contributed by atoms with Crippen LogP contribution in [-0.4, -0.2) is 35.2 Å². The molecule has 16 heavy (non-hydrogen) atoms. The average molecular weight is 227 g/mol. The molecule has 4 heteroatoms. The molecule has 1 aliphatic heterocycles. The summed E-state index contributed by atoms with van der Waals surface area (Å²) in [6.07, 6.45) is 0. The SMILES string of the molecule is CC1(O)CN(CC(F)(F)c2ccccc2)C1. The summed E-state index contributed by atoms with van der Waals surface area (Å²) in [4.78, 5) is 1.56. The molecule has 0 bridgehead atoms. The van der Waals surface area contributed by atoms with E-state index in [9.17, 15) is 13.9 Å². The van der Waals surface area contributed by atoms with Gasteiger partial charge in [-0.25, -0.2) is 0 Å². The monoisotopic (exact) mass is 227 g/mol. The molecule has 1 heterocycles. The van der Waals surface area contributed by atoms with Gasteiger partial charge in [0.15, 0.2) is 0 Å². The van der Waals surface area contributed by atoms with Crippen LogP contribution in [0.3, 0.4) is 0 Å². The first kappa shape index (κ1) is 11.5. The third-order valence-electron chi connectivity index (χ3n) is 2.75. The lowest BCUT2D eigenvalue weighted by Crippen LogP contribution is -2.61. The lowest BCUT2D eigenvalue weighted by atomic mass is 9.95. The second-order valence-electron chi connectivity index (χ2n) is 4.71. The molecule has 1 fully saturated rings. The third kappa shape index (κ3) is 2.39. The normalized spacial score (nSPS) is 20.5. The van der Waals surface area contributed by atoms with Crippen molar-refractivity contribution in [3.8, 4) is 0 Å². The number of nitrogens with zero attached hydrogens (tertiary/aromatic N) is 1. The van der Waals surface area contributed by atoms with Gasteiger partial charge >= 0.3 is 0 Å². The molecule has 1 N–H and O–H groups in total. The first-order valence-corrected chi connectivity index (χ1v) is 5.27. The van der Waals surface area contributed by atoms with Crippen LogP contribution in [0.2, 0.25) is 0 Å². The lowest BCUT2D eigenvalue weighted by Gasteiger charge is -2.45. The topological polar surface area (TPSA) is 23.5 Å². The number of rotatable bonds is 3. The molecule has 88 valence electrons. The van der Waals surface area contributed by atoms with E-state index in [-0.39, 0.29) is 12.1 Å². The van der Waals surface area contributed by atoms with Crippen LogP contribution >= 0.6 is 0 Å². The number of β-amino-alcohol motifs (C(OH)–C–C–N with tert-alkyl or cyclic N) is 1. The maximum absolute atomic E-state index is 13.8. The average Bonchev–Trinajstić information content (AvgIpc) is 2.16. The van der Waals surface area contributed by atoms with E-state index in [4.69, 9.17) is 0 Å². The largest absolute Gasteiger partial charge is 0.388 e. The molecule has 0 atom stereocenters. The quantitative estimate of drug-likeness (QED) is 0.851. The number of alkyl halides is 2. The molecule has 0 radical (unpaired) electrons. The van der Waals surface area contributed by atoms with E-state index in [1.807, 2.05) is 0 Å². The number of likely N-dealkylation sites (tertiary alicyclic amines) is 1. The van der Waals surface area contributed by atoms with Gasteiger partial charge in [0.25, 0.3) is 5.92 Å². The summed E-state index contributed by atoms with van der Waals surface area (Å²) in [6.45, 7) is 1.96. The molecule has 0 amide bonds. The maximum Gasteiger partial charge on any atom is 0.285 e. The molecular weight excluding hydrogens is 212 g/mol. The van der Waals surface area contributed by atoms with Crippen molar-refractivity contribution in [2.75, 3.05) is 19.6 Å². The van der Waals surface area contributed by atoms with E-state index in [0.29, 0.717) is 13.1 Å². The Bertz CT molecular complexity index is 357. The zero-order valence-corrected chi connectivity index (χ0v) is 9.16. The lowest BCUT2D eigenvalue weighted by molar-refractivity contribution is -0.128. The van der Waals surface area contributed by atoms with Gasteiger partial charge in [-0.3, -0.25) is 4.90 Å². The summed E-state index contributed by atoms with van der Waals surface area (Å²) in [7, 11) is 0. The summed E-state index contributed by atoms with van der Waals surface area (Å²) in [5.41, 5.74) is -0.770. The van der Waals surface area contributed by atoms with Crippen molar-refractivity contribution in [3.05, 3.63) is 35.9 Å². The molecule has 0 aliphatic carbocycles. The van der Waals surface area contributed by atoms with Gasteiger partial charge in [0.05, 0.1) is 12.1 Å². The summed E-state index contributed by atoms with van der Waals surface area (Å²) in [5, 5.41) is 9.46. The minimum atomic E-state index is -2.85. The highest BCUT2D eigenvalue weighted by Gasteiger charge is 2.42. The fourth-order valence-corrected chi connectivity index (χ4v) is 2.08. The van der Waals surface area contributed by atoms with Crippen LogP contribution < -0.4 is 0 Å². The Morgan fingerprint density at radius 1 is 1.31 bits per heavy atom. The summed E-state index contributed by atoms with van der Waals surface area (Å²) < 4.78 is 27.5. The van der Waals surface area contributed by atoms with Gasteiger partial charge in [-0.2, -0.15) is 8.78 Å². The smallest absolute Gasteiger partial charge is 0.285 e. The molecule has 1 aliphatic rings. The Kier molecular flexibility index (Phi) is 2.72. The number of aliphatic hydroxyl groups is 1. The Balaban J connectivity index is 1.99. The number of halogens is 2. The third-order valence-corrected chi connectivity index (χ3v) is 2.75. The van der Waals surface area contributed by atoms with Crippen molar-refractivity contribution in [1.82, 2.24) is 4.90 Å². The van der Waals surface area contributed by atoms with Crippen LogP contribution in [0, 0.1) is 0 Å². The van der Waals surface area contributed by atoms with E-state index in [1.165, 1.54) is 12.1 Å². The predicted octanol–water partition coefficient (Wildman–Crippen LogP) is 1.85. The van der Waals surface area contributed by atoms with Gasteiger partial charge in [-0.15, -0.1) is 0 Å². The highest BCUT2D eigenvalue weighted by atomic mass is 19.3. The zero-order chi connectivity index (χ0) is 11.8. The fourth-order valence-electron chi connectivity index (χ4n) is 2.08. The minimum absolute atomic E-state index is 0.0292. The van der Waals surface area contributed by atoms with Crippen molar-refractivity contribution in [1.29, 1.82) is 0 Å². The van der Waals surface area contributed by atoms with E-state index < -0.39 is 11.5 Å². The molecular formula is C12H15F2NO. The second-order valence-corrected chi connectivity index (χ2v) is 4.71. The Morgan fingerprint density at radius 3 is 2.38 bits per heavy atom. The fraction of sp³-hybridized carbons (Fsp3) is 0.500. The number of hydrogen-bond acceptors (Lipinski definition) is 2. The molecule has 0 spiro atoms. The molecule has 2 nitrogen and oxygen atoms in total. The van der Waals surface area contributed by atoms with Crippen molar-refractivity contribution in [3.63, 3.8) is 0 Å². The first-order valence-electron chi connectivity index (χ1n) is 5.27. The molecule has 0 aromatic heterocycles. The van der Waals surface area contributed by atoms with Crippen molar-refractivity contribution < 1.29 is 13.9 Å². The number of hydrogen-bond donors (Lipinski definition) is 1.